The molecule has 4 aromatic rings. The fourth-order valence-electron chi connectivity index (χ4n) is 2.53. The Balaban J connectivity index is 1.95. The summed E-state index contributed by atoms with van der Waals surface area (Å²) in [6, 6.07) is 12.2. The van der Waals surface area contributed by atoms with Crippen LogP contribution in [-0.2, 0) is 0 Å². The topological polar surface area (TPSA) is 43.6 Å². The molecule has 4 rings (SSSR count). The molecule has 6 heteroatoms. The summed E-state index contributed by atoms with van der Waals surface area (Å²) in [5.74, 6) is -0.273. The van der Waals surface area contributed by atoms with Crippen LogP contribution in [0.5, 0.6) is 0 Å². The Hall–Kier alpha value is -2.86. The van der Waals surface area contributed by atoms with E-state index in [0.717, 1.165) is 21.8 Å². The second-order valence-electron chi connectivity index (χ2n) is 5.40. The predicted octanol–water partition coefficient (Wildman–Crippen LogP) is 4.51. The van der Waals surface area contributed by atoms with Gasteiger partial charge in [-0.15, -0.1) is 16.4 Å². The van der Waals surface area contributed by atoms with E-state index in [1.165, 1.54) is 17.7 Å². The number of aromatic nitrogens is 4. The van der Waals surface area contributed by atoms with Crippen LogP contribution in [0.1, 0.15) is 5.56 Å². The Morgan fingerprint density at radius 3 is 2.42 bits per heavy atom. The minimum absolute atomic E-state index is 0.273. The summed E-state index contributed by atoms with van der Waals surface area (Å²) in [7, 11) is 0. The van der Waals surface area contributed by atoms with E-state index in [4.69, 9.17) is 0 Å². The first kappa shape index (κ1) is 14.7. The lowest BCUT2D eigenvalue weighted by molar-refractivity contribution is 0.628. The molecule has 24 heavy (non-hydrogen) atoms. The lowest BCUT2D eigenvalue weighted by Gasteiger charge is -2.06. The molecule has 0 saturated carbocycles. The number of hydrogen-bond acceptors (Lipinski definition) is 4. The van der Waals surface area contributed by atoms with Gasteiger partial charge in [0.25, 0.3) is 0 Å². The van der Waals surface area contributed by atoms with Gasteiger partial charge in [-0.3, -0.25) is 4.98 Å². The van der Waals surface area contributed by atoms with E-state index >= 15 is 0 Å². The molecular weight excluding hydrogens is 323 g/mol. The van der Waals surface area contributed by atoms with Crippen LogP contribution < -0.4 is 0 Å². The van der Waals surface area contributed by atoms with Crippen LogP contribution in [0.3, 0.4) is 0 Å². The molecule has 1 aromatic carbocycles. The second-order valence-corrected chi connectivity index (χ2v) is 6.29. The molecular formula is C18H13FN4S. The largest absolute Gasteiger partial charge is 0.265 e. The predicted molar refractivity (Wildman–Crippen MR) is 92.6 cm³/mol. The standard InChI is InChI=1S/C18H13FN4S/c1-12-10-16(24-11-12)23-18(14-6-8-20-9-7-14)17(21-22-23)13-2-4-15(19)5-3-13/h2-11H,1H3. The summed E-state index contributed by atoms with van der Waals surface area (Å²) in [6.07, 6.45) is 3.47. The van der Waals surface area contributed by atoms with Gasteiger partial charge in [0.15, 0.2) is 0 Å². The van der Waals surface area contributed by atoms with Crippen LogP contribution in [0.4, 0.5) is 4.39 Å². The van der Waals surface area contributed by atoms with Crippen LogP contribution in [0.15, 0.2) is 60.2 Å². The second kappa shape index (κ2) is 5.98. The maximum Gasteiger partial charge on any atom is 0.123 e. The van der Waals surface area contributed by atoms with Crippen molar-refractivity contribution >= 4 is 11.3 Å². The number of halogens is 1. The van der Waals surface area contributed by atoms with Gasteiger partial charge >= 0.3 is 0 Å². The number of hydrogen-bond donors (Lipinski definition) is 0. The lowest BCUT2D eigenvalue weighted by atomic mass is 10.1. The van der Waals surface area contributed by atoms with Gasteiger partial charge in [-0.2, -0.15) is 0 Å². The number of benzene rings is 1. The van der Waals surface area contributed by atoms with Gasteiger partial charge in [0.05, 0.1) is 0 Å². The molecule has 0 N–H and O–H groups in total. The molecule has 0 unspecified atom stereocenters. The van der Waals surface area contributed by atoms with Gasteiger partial charge in [0.2, 0.25) is 0 Å². The summed E-state index contributed by atoms with van der Waals surface area (Å²) >= 11 is 1.61. The van der Waals surface area contributed by atoms with Crippen LogP contribution in [0.25, 0.3) is 27.5 Å². The van der Waals surface area contributed by atoms with Crippen LogP contribution >= 0.6 is 11.3 Å². The number of rotatable bonds is 3. The maximum atomic E-state index is 13.3. The Morgan fingerprint density at radius 1 is 1.00 bits per heavy atom. The van der Waals surface area contributed by atoms with Crippen LogP contribution in [-0.4, -0.2) is 20.0 Å². The molecule has 3 heterocycles. The summed E-state index contributed by atoms with van der Waals surface area (Å²) in [5.41, 5.74) is 4.54. The highest BCUT2D eigenvalue weighted by molar-refractivity contribution is 7.12. The molecule has 0 aliphatic rings. The number of aryl methyl sites for hydroxylation is 1. The Labute approximate surface area is 142 Å². The van der Waals surface area contributed by atoms with E-state index in [1.54, 1.807) is 35.9 Å². The first-order valence-corrected chi connectivity index (χ1v) is 8.28. The van der Waals surface area contributed by atoms with Crippen molar-refractivity contribution in [2.45, 2.75) is 6.92 Å². The smallest absolute Gasteiger partial charge is 0.123 e. The van der Waals surface area contributed by atoms with Crippen molar-refractivity contribution in [1.82, 2.24) is 20.0 Å². The zero-order chi connectivity index (χ0) is 16.5. The molecule has 4 nitrogen and oxygen atoms in total. The van der Waals surface area contributed by atoms with Crippen molar-refractivity contribution in [3.05, 3.63) is 71.6 Å². The van der Waals surface area contributed by atoms with Crippen molar-refractivity contribution < 1.29 is 4.39 Å². The Morgan fingerprint density at radius 2 is 1.75 bits per heavy atom. The number of nitrogens with zero attached hydrogens (tertiary/aromatic N) is 4. The summed E-state index contributed by atoms with van der Waals surface area (Å²) in [6.45, 7) is 2.05. The van der Waals surface area contributed by atoms with Crippen molar-refractivity contribution in [2.24, 2.45) is 0 Å². The molecule has 0 radical (unpaired) electrons. The summed E-state index contributed by atoms with van der Waals surface area (Å²) in [5, 5.41) is 11.8. The van der Waals surface area contributed by atoms with Crippen molar-refractivity contribution in [3.8, 4) is 27.5 Å². The monoisotopic (exact) mass is 336 g/mol. The first-order valence-electron chi connectivity index (χ1n) is 7.40. The fraction of sp³-hybridized carbons (Fsp3) is 0.0556. The lowest BCUT2D eigenvalue weighted by Crippen LogP contribution is -1.97. The number of pyridine rings is 1. The molecule has 0 aliphatic carbocycles. The maximum absolute atomic E-state index is 13.3. The zero-order valence-electron chi connectivity index (χ0n) is 12.8. The quantitative estimate of drug-likeness (QED) is 0.553. The zero-order valence-corrected chi connectivity index (χ0v) is 13.7. The van der Waals surface area contributed by atoms with Gasteiger partial charge in [-0.1, -0.05) is 5.21 Å². The highest BCUT2D eigenvalue weighted by Gasteiger charge is 2.18. The van der Waals surface area contributed by atoms with Crippen molar-refractivity contribution in [3.63, 3.8) is 0 Å². The Bertz CT molecular complexity index is 974. The van der Waals surface area contributed by atoms with Crippen molar-refractivity contribution in [1.29, 1.82) is 0 Å². The van der Waals surface area contributed by atoms with E-state index in [1.807, 2.05) is 23.7 Å². The average molecular weight is 336 g/mol. The van der Waals surface area contributed by atoms with Gasteiger partial charge in [0.1, 0.15) is 22.2 Å². The van der Waals surface area contributed by atoms with Gasteiger partial charge in [0, 0.05) is 23.5 Å². The first-order chi connectivity index (χ1) is 11.7. The minimum Gasteiger partial charge on any atom is -0.265 e. The SMILES string of the molecule is Cc1csc(-n2nnc(-c3ccc(F)cc3)c2-c2ccncc2)c1. The normalized spacial score (nSPS) is 10.9. The van der Waals surface area contributed by atoms with Crippen LogP contribution in [0, 0.1) is 12.7 Å². The van der Waals surface area contributed by atoms with Gasteiger partial charge < -0.3 is 0 Å². The van der Waals surface area contributed by atoms with E-state index in [0.29, 0.717) is 5.69 Å². The third-order valence-corrected chi connectivity index (χ3v) is 4.69. The molecule has 0 bridgehead atoms. The molecule has 3 aromatic heterocycles. The summed E-state index contributed by atoms with van der Waals surface area (Å²) in [4.78, 5) is 4.08. The van der Waals surface area contributed by atoms with Crippen molar-refractivity contribution in [2.75, 3.05) is 0 Å². The average Bonchev–Trinajstić information content (AvgIpc) is 3.22. The molecule has 0 atom stereocenters. The minimum atomic E-state index is -0.273. The highest BCUT2D eigenvalue weighted by atomic mass is 32.1. The van der Waals surface area contributed by atoms with E-state index in [2.05, 4.69) is 26.7 Å². The molecule has 0 fully saturated rings. The molecule has 118 valence electrons. The number of thiophene rings is 1. The third-order valence-electron chi connectivity index (χ3n) is 3.67. The van der Waals surface area contributed by atoms with E-state index in [9.17, 15) is 4.39 Å². The highest BCUT2D eigenvalue weighted by Crippen LogP contribution is 2.33. The summed E-state index contributed by atoms with van der Waals surface area (Å²) < 4.78 is 15.1. The molecule has 0 saturated heterocycles. The fourth-order valence-corrected chi connectivity index (χ4v) is 3.39. The van der Waals surface area contributed by atoms with Gasteiger partial charge in [-0.05, 0) is 60.3 Å². The van der Waals surface area contributed by atoms with Gasteiger partial charge in [-0.25, -0.2) is 9.07 Å². The van der Waals surface area contributed by atoms with E-state index < -0.39 is 0 Å². The van der Waals surface area contributed by atoms with E-state index in [-0.39, 0.29) is 5.82 Å². The Kier molecular flexibility index (Phi) is 3.66. The molecule has 0 aliphatic heterocycles. The molecule has 0 amide bonds. The van der Waals surface area contributed by atoms with Crippen LogP contribution in [0.2, 0.25) is 0 Å². The third kappa shape index (κ3) is 2.61. The molecule has 0 spiro atoms.